The summed E-state index contributed by atoms with van der Waals surface area (Å²) in [6.07, 6.45) is 2.47. The first kappa shape index (κ1) is 22.4. The highest BCUT2D eigenvalue weighted by Crippen LogP contribution is 2.38. The Labute approximate surface area is 198 Å². The standard InChI is InChI=1S/C23H22Cl3N3OS/c24-18-4-8-21(9-5-18)31(27,30)28-12-1-13-29-22-10-6-19(25)14-16(22)2-3-17-15-20(26)7-11-23(17)29/h4-11,14-15H,1-3,12-13H2,(H2,27,28,30). The van der Waals surface area contributed by atoms with Crippen LogP contribution in [0.15, 0.2) is 65.6 Å². The minimum Gasteiger partial charge on any atom is -0.341 e. The summed E-state index contributed by atoms with van der Waals surface area (Å²) in [5.41, 5.74) is 4.63. The third kappa shape index (κ3) is 5.18. The van der Waals surface area contributed by atoms with Gasteiger partial charge in [-0.05, 0) is 91.1 Å². The molecule has 0 radical (unpaired) electrons. The molecule has 3 aromatic carbocycles. The fraction of sp³-hybridized carbons (Fsp3) is 0.217. The van der Waals surface area contributed by atoms with E-state index in [1.165, 1.54) is 11.1 Å². The number of aryl methyl sites for hydroxylation is 2. The summed E-state index contributed by atoms with van der Waals surface area (Å²) in [6.45, 7) is 1.14. The van der Waals surface area contributed by atoms with Crippen LogP contribution >= 0.6 is 34.8 Å². The third-order valence-electron chi connectivity index (χ3n) is 5.34. The van der Waals surface area contributed by atoms with Gasteiger partial charge in [0.2, 0.25) is 0 Å². The first-order valence-electron chi connectivity index (χ1n) is 9.97. The van der Waals surface area contributed by atoms with E-state index in [9.17, 15) is 4.21 Å². The molecule has 0 amide bonds. The maximum atomic E-state index is 12.7. The molecular formula is C23H22Cl3N3OS. The number of hydrogen-bond donors (Lipinski definition) is 2. The molecule has 0 bridgehead atoms. The normalized spacial score (nSPS) is 15.0. The quantitative estimate of drug-likeness (QED) is 0.367. The summed E-state index contributed by atoms with van der Waals surface area (Å²) in [7, 11) is -3.08. The molecule has 4 rings (SSSR count). The third-order valence-corrected chi connectivity index (χ3v) is 7.61. The van der Waals surface area contributed by atoms with Crippen LogP contribution in [0.25, 0.3) is 0 Å². The van der Waals surface area contributed by atoms with Crippen molar-refractivity contribution in [1.82, 2.24) is 4.72 Å². The second kappa shape index (κ2) is 9.39. The van der Waals surface area contributed by atoms with E-state index in [0.717, 1.165) is 34.3 Å². The van der Waals surface area contributed by atoms with E-state index in [2.05, 4.69) is 21.8 Å². The molecule has 0 spiro atoms. The number of fused-ring (bicyclic) bond motifs is 2. The largest absolute Gasteiger partial charge is 0.341 e. The van der Waals surface area contributed by atoms with Gasteiger partial charge in [-0.15, -0.1) is 0 Å². The topological polar surface area (TPSA) is 56.2 Å². The van der Waals surface area contributed by atoms with Crippen molar-refractivity contribution in [2.24, 2.45) is 0 Å². The van der Waals surface area contributed by atoms with E-state index >= 15 is 0 Å². The van der Waals surface area contributed by atoms with Crippen LogP contribution in [0.3, 0.4) is 0 Å². The van der Waals surface area contributed by atoms with Gasteiger partial charge in [0, 0.05) is 39.5 Å². The van der Waals surface area contributed by atoms with Gasteiger partial charge < -0.3 is 4.90 Å². The highest BCUT2D eigenvalue weighted by Gasteiger charge is 2.21. The Balaban J connectivity index is 1.52. The van der Waals surface area contributed by atoms with Gasteiger partial charge in [-0.3, -0.25) is 0 Å². The number of hydrogen-bond acceptors (Lipinski definition) is 3. The summed E-state index contributed by atoms with van der Waals surface area (Å²) in [6, 6.07) is 18.5. The van der Waals surface area contributed by atoms with Crippen molar-refractivity contribution in [1.29, 1.82) is 4.78 Å². The van der Waals surface area contributed by atoms with Gasteiger partial charge in [-0.1, -0.05) is 34.8 Å². The van der Waals surface area contributed by atoms with Gasteiger partial charge in [0.1, 0.15) is 9.92 Å². The summed E-state index contributed by atoms with van der Waals surface area (Å²) >= 11 is 18.4. The van der Waals surface area contributed by atoms with Gasteiger partial charge in [0.15, 0.2) is 0 Å². The fourth-order valence-electron chi connectivity index (χ4n) is 3.84. The average molecular weight is 495 g/mol. The maximum Gasteiger partial charge on any atom is 0.134 e. The molecule has 1 aliphatic rings. The molecule has 1 heterocycles. The first-order chi connectivity index (χ1) is 14.8. The zero-order valence-electron chi connectivity index (χ0n) is 16.7. The van der Waals surface area contributed by atoms with Gasteiger partial charge in [-0.25, -0.2) is 13.7 Å². The molecule has 2 N–H and O–H groups in total. The summed E-state index contributed by atoms with van der Waals surface area (Å²) < 4.78 is 23.9. The van der Waals surface area contributed by atoms with Crippen molar-refractivity contribution in [3.05, 3.63) is 86.9 Å². The van der Waals surface area contributed by atoms with Crippen LogP contribution in [0.1, 0.15) is 17.5 Å². The number of nitrogens with one attached hydrogen (secondary N) is 2. The average Bonchev–Trinajstić information content (AvgIpc) is 2.88. The van der Waals surface area contributed by atoms with Gasteiger partial charge in [0.25, 0.3) is 0 Å². The number of nitrogens with zero attached hydrogens (tertiary/aromatic N) is 1. The van der Waals surface area contributed by atoms with Crippen LogP contribution < -0.4 is 9.62 Å². The Hall–Kier alpha value is -1.76. The second-order valence-corrected chi connectivity index (χ2v) is 10.6. The SMILES string of the molecule is N=S(=O)(NCCCN1c2ccc(Cl)cc2CCc2cc(Cl)ccc21)c1ccc(Cl)cc1. The Bertz CT molecular complexity index is 1140. The van der Waals surface area contributed by atoms with E-state index in [1.807, 2.05) is 24.3 Å². The van der Waals surface area contributed by atoms with E-state index < -0.39 is 9.92 Å². The zero-order valence-corrected chi connectivity index (χ0v) is 19.8. The smallest absolute Gasteiger partial charge is 0.134 e. The molecule has 0 saturated carbocycles. The van der Waals surface area contributed by atoms with Crippen LogP contribution in [0.4, 0.5) is 11.4 Å². The molecule has 1 unspecified atom stereocenters. The van der Waals surface area contributed by atoms with E-state index in [4.69, 9.17) is 39.6 Å². The molecule has 31 heavy (non-hydrogen) atoms. The van der Waals surface area contributed by atoms with E-state index in [-0.39, 0.29) is 0 Å². The van der Waals surface area contributed by atoms with Crippen LogP contribution in [0, 0.1) is 4.78 Å². The lowest BCUT2D eigenvalue weighted by Crippen LogP contribution is -2.27. The molecule has 8 heteroatoms. The minimum atomic E-state index is -3.08. The molecule has 1 aliphatic heterocycles. The van der Waals surface area contributed by atoms with Crippen LogP contribution in [0.2, 0.25) is 15.1 Å². The second-order valence-electron chi connectivity index (χ2n) is 7.46. The van der Waals surface area contributed by atoms with Crippen LogP contribution in [-0.2, 0) is 22.8 Å². The number of benzene rings is 3. The van der Waals surface area contributed by atoms with Crippen molar-refractivity contribution >= 4 is 56.1 Å². The molecule has 0 aliphatic carbocycles. The summed E-state index contributed by atoms with van der Waals surface area (Å²) in [4.78, 5) is 2.69. The van der Waals surface area contributed by atoms with Crippen molar-refractivity contribution < 1.29 is 4.21 Å². The van der Waals surface area contributed by atoms with Crippen molar-refractivity contribution in [3.8, 4) is 0 Å². The maximum absolute atomic E-state index is 12.7. The minimum absolute atomic E-state index is 0.423. The predicted octanol–water partition coefficient (Wildman–Crippen LogP) is 6.88. The number of rotatable bonds is 6. The molecule has 0 saturated heterocycles. The predicted molar refractivity (Wildman–Crippen MR) is 131 cm³/mol. The lowest BCUT2D eigenvalue weighted by molar-refractivity contribution is 0.657. The van der Waals surface area contributed by atoms with Crippen molar-refractivity contribution in [2.75, 3.05) is 18.0 Å². The lowest BCUT2D eigenvalue weighted by atomic mass is 10.0. The summed E-state index contributed by atoms with van der Waals surface area (Å²) in [5.74, 6) is 0. The molecule has 1 atom stereocenters. The first-order valence-corrected chi connectivity index (χ1v) is 12.7. The number of anilines is 2. The van der Waals surface area contributed by atoms with E-state index in [0.29, 0.717) is 29.4 Å². The zero-order chi connectivity index (χ0) is 22.0. The van der Waals surface area contributed by atoms with Gasteiger partial charge in [0.05, 0.1) is 4.90 Å². The Morgan fingerprint density at radius 2 is 1.35 bits per heavy atom. The highest BCUT2D eigenvalue weighted by molar-refractivity contribution is 7.90. The monoisotopic (exact) mass is 493 g/mol. The van der Waals surface area contributed by atoms with Gasteiger partial charge >= 0.3 is 0 Å². The van der Waals surface area contributed by atoms with Crippen molar-refractivity contribution in [3.63, 3.8) is 0 Å². The molecule has 3 aromatic rings. The Kier molecular flexibility index (Phi) is 6.80. The highest BCUT2D eigenvalue weighted by atomic mass is 35.5. The molecule has 0 aromatic heterocycles. The van der Waals surface area contributed by atoms with E-state index in [1.54, 1.807) is 24.3 Å². The summed E-state index contributed by atoms with van der Waals surface area (Å²) in [5, 5.41) is 2.00. The van der Waals surface area contributed by atoms with Crippen LogP contribution in [0.5, 0.6) is 0 Å². The number of halogens is 3. The Morgan fingerprint density at radius 3 is 1.90 bits per heavy atom. The molecular weight excluding hydrogens is 473 g/mol. The molecule has 162 valence electrons. The molecule has 0 fully saturated rings. The lowest BCUT2D eigenvalue weighted by Gasteiger charge is -2.27. The Morgan fingerprint density at radius 1 is 0.839 bits per heavy atom. The van der Waals surface area contributed by atoms with Crippen LogP contribution in [-0.4, -0.2) is 17.3 Å². The molecule has 4 nitrogen and oxygen atoms in total. The fourth-order valence-corrected chi connectivity index (χ4v) is 5.47. The van der Waals surface area contributed by atoms with Crippen molar-refractivity contribution in [2.45, 2.75) is 24.2 Å². The van der Waals surface area contributed by atoms with Gasteiger partial charge in [-0.2, -0.15) is 0 Å².